The van der Waals surface area contributed by atoms with Gasteiger partial charge in [0.25, 0.3) is 0 Å². The molecule has 0 radical (unpaired) electrons. The number of aliphatic hydroxyl groups excluding tert-OH is 2. The molecule has 5 heterocycles. The van der Waals surface area contributed by atoms with Gasteiger partial charge in [0.1, 0.15) is 42.0 Å². The highest BCUT2D eigenvalue weighted by Crippen LogP contribution is 2.48. The van der Waals surface area contributed by atoms with E-state index in [1.165, 1.54) is 4.68 Å². The third kappa shape index (κ3) is 19.5. The number of fused-ring (bicyclic) bond motifs is 1. The minimum atomic E-state index is -4.42. The van der Waals surface area contributed by atoms with Gasteiger partial charge in [0.05, 0.1) is 143 Å². The highest BCUT2D eigenvalue weighted by Gasteiger charge is 2.48. The van der Waals surface area contributed by atoms with Crippen LogP contribution >= 0.6 is 31.0 Å². The van der Waals surface area contributed by atoms with Crippen LogP contribution in [0.4, 0.5) is 19.0 Å². The van der Waals surface area contributed by atoms with Crippen LogP contribution in [0.15, 0.2) is 24.5 Å². The number of aromatic nitrogens is 7. The number of aliphatic hydroxyl groups is 2. The van der Waals surface area contributed by atoms with E-state index in [1.54, 1.807) is 17.1 Å². The van der Waals surface area contributed by atoms with Gasteiger partial charge in [0.15, 0.2) is 23.5 Å². The van der Waals surface area contributed by atoms with Crippen molar-refractivity contribution in [1.29, 1.82) is 0 Å². The maximum Gasteiger partial charge on any atom is 0.350 e. The van der Waals surface area contributed by atoms with Gasteiger partial charge in [-0.1, -0.05) is 5.21 Å². The van der Waals surface area contributed by atoms with Gasteiger partial charge in [0, 0.05) is 41.6 Å². The minimum absolute atomic E-state index is 0.00379. The number of halogens is 4. The molecule has 436 valence electrons. The molecule has 2 unspecified atom stereocenters. The summed E-state index contributed by atoms with van der Waals surface area (Å²) in [4.78, 5) is 40.9. The van der Waals surface area contributed by atoms with Gasteiger partial charge in [-0.2, -0.15) is 26.8 Å². The van der Waals surface area contributed by atoms with Crippen LogP contribution in [0, 0.1) is 22.9 Å². The Morgan fingerprint density at radius 3 is 2.01 bits per heavy atom. The first-order valence-electron chi connectivity index (χ1n) is 25.4. The zero-order valence-corrected chi connectivity index (χ0v) is 45.3. The molecule has 3 aliphatic rings. The van der Waals surface area contributed by atoms with E-state index in [0.717, 1.165) is 44.5 Å². The molecule has 25 nitrogen and oxygen atoms in total. The zero-order valence-electron chi connectivity index (χ0n) is 42.8. The lowest BCUT2D eigenvalue weighted by molar-refractivity contribution is -0.136. The number of thioether (sulfide) groups is 1. The van der Waals surface area contributed by atoms with E-state index in [0.29, 0.717) is 132 Å². The Kier molecular flexibility index (Phi) is 25.0. The molecule has 1 aromatic carbocycles. The SMILES string of the molecule is O=C(CCOCCOCCOCCOCCn1cc(COCCOCCOCCOCCSC2CCC3(CC2)CN(c2nc(Cl)nc4c2cnn4C2OC(COCP(=O)(O)O)[C@@H](O)[C@H]2O)C3)nn1)Oc1c(F)cc(F)cc1F. The number of esters is 1. The number of anilines is 1. The Morgan fingerprint density at radius 1 is 0.795 bits per heavy atom. The first-order chi connectivity index (χ1) is 37.7. The summed E-state index contributed by atoms with van der Waals surface area (Å²) >= 11 is 8.33. The summed E-state index contributed by atoms with van der Waals surface area (Å²) in [6, 6.07) is 0.841. The molecule has 78 heavy (non-hydrogen) atoms. The number of nitrogens with zero attached hydrogens (tertiary/aromatic N) is 8. The molecule has 3 fully saturated rings. The van der Waals surface area contributed by atoms with Crippen molar-refractivity contribution in [3.63, 3.8) is 0 Å². The quantitative estimate of drug-likeness (QED) is 0.0166. The minimum Gasteiger partial charge on any atom is -0.420 e. The van der Waals surface area contributed by atoms with Gasteiger partial charge in [-0.05, 0) is 37.3 Å². The molecule has 2 saturated heterocycles. The van der Waals surface area contributed by atoms with Gasteiger partial charge in [-0.25, -0.2) is 22.5 Å². The van der Waals surface area contributed by atoms with E-state index < -0.39 is 67.7 Å². The molecular weight excluding hydrogens is 1100 g/mol. The van der Waals surface area contributed by atoms with E-state index in [1.807, 2.05) is 11.8 Å². The average molecular weight is 1170 g/mol. The summed E-state index contributed by atoms with van der Waals surface area (Å²) in [7, 11) is -4.42. The van der Waals surface area contributed by atoms with E-state index in [4.69, 9.17) is 68.8 Å². The fraction of sp³-hybridized carbons (Fsp3) is 0.702. The van der Waals surface area contributed by atoms with Crippen molar-refractivity contribution >= 4 is 53.8 Å². The Bertz CT molecular complexity index is 2490. The lowest BCUT2D eigenvalue weighted by Crippen LogP contribution is -2.58. The summed E-state index contributed by atoms with van der Waals surface area (Å²) in [5.41, 5.74) is 1.19. The third-order valence-corrected chi connectivity index (χ3v) is 14.6. The highest BCUT2D eigenvalue weighted by molar-refractivity contribution is 7.99. The number of carbonyl (C=O) groups is 1. The van der Waals surface area contributed by atoms with Gasteiger partial charge in [-0.3, -0.25) is 9.36 Å². The molecule has 1 saturated carbocycles. The van der Waals surface area contributed by atoms with Crippen molar-refractivity contribution in [2.75, 3.05) is 136 Å². The average Bonchev–Trinajstić information content (AvgIpc) is 4.21. The maximum absolute atomic E-state index is 13.6. The van der Waals surface area contributed by atoms with E-state index >= 15 is 0 Å². The van der Waals surface area contributed by atoms with E-state index in [-0.39, 0.29) is 43.5 Å². The second-order valence-corrected chi connectivity index (χ2v) is 21.8. The van der Waals surface area contributed by atoms with Crippen molar-refractivity contribution in [2.45, 2.75) is 75.0 Å². The monoisotopic (exact) mass is 1170 g/mol. The highest BCUT2D eigenvalue weighted by atomic mass is 35.5. The number of carbonyl (C=O) groups excluding carboxylic acids is 1. The summed E-state index contributed by atoms with van der Waals surface area (Å²) in [5.74, 6) is -4.08. The Morgan fingerprint density at radius 2 is 1.38 bits per heavy atom. The van der Waals surface area contributed by atoms with Gasteiger partial charge in [0.2, 0.25) is 11.0 Å². The van der Waals surface area contributed by atoms with Crippen LogP contribution in [0.1, 0.15) is 44.0 Å². The summed E-state index contributed by atoms with van der Waals surface area (Å²) < 4.78 is 114. The smallest absolute Gasteiger partial charge is 0.350 e. The zero-order chi connectivity index (χ0) is 55.3. The fourth-order valence-corrected chi connectivity index (χ4v) is 10.4. The van der Waals surface area contributed by atoms with Gasteiger partial charge < -0.3 is 77.0 Å². The summed E-state index contributed by atoms with van der Waals surface area (Å²) in [5, 5.41) is 35.1. The molecule has 4 N–H and O–H groups in total. The molecule has 4 aromatic rings. The molecule has 2 aliphatic heterocycles. The lowest BCUT2D eigenvalue weighted by atomic mass is 9.68. The molecule has 1 spiro atoms. The van der Waals surface area contributed by atoms with Crippen LogP contribution in [-0.2, 0) is 69.9 Å². The Labute approximate surface area is 456 Å². The molecule has 3 aromatic heterocycles. The second-order valence-electron chi connectivity index (χ2n) is 18.5. The van der Waals surface area contributed by atoms with Crippen LogP contribution in [-0.4, -0.2) is 215 Å². The first kappa shape index (κ1) is 61.9. The van der Waals surface area contributed by atoms with Crippen molar-refractivity contribution in [3.05, 3.63) is 53.0 Å². The number of benzene rings is 1. The summed E-state index contributed by atoms with van der Waals surface area (Å²) in [6.45, 7) is 7.61. The maximum atomic E-state index is 13.6. The fourth-order valence-electron chi connectivity index (χ4n) is 8.76. The molecule has 1 aliphatic carbocycles. The Balaban J connectivity index is 0.615. The van der Waals surface area contributed by atoms with Crippen molar-refractivity contribution in [2.24, 2.45) is 5.41 Å². The Hall–Kier alpha value is -3.72. The topological polar surface area (TPSA) is 294 Å². The largest absolute Gasteiger partial charge is 0.420 e. The van der Waals surface area contributed by atoms with Crippen LogP contribution in [0.25, 0.3) is 11.0 Å². The van der Waals surface area contributed by atoms with Crippen molar-refractivity contribution in [3.8, 4) is 5.75 Å². The standard InChI is InChI=1S/C47H67ClF3N8O17PS/c48-46-53-43(35-25-52-59(44(35)54-46)45-41(62)40(61)38(75-45)28-74-31-77(63,64)65)57-29-47(30-57)4-1-34(2-5-47)78-22-21-72-18-17-70-15-16-71-19-20-73-27-33-26-58(56-55-33)6-8-67-10-12-69-14-13-68-11-9-66-7-3-39(60)76-42-36(50)23-32(49)24-37(42)51/h23-26,34,38,40-41,45,61-62H,1-22,27-31H2,(H2,63,64,65)/t38?,40-,41-,45?/m1/s1. The van der Waals surface area contributed by atoms with Crippen molar-refractivity contribution < 1.29 is 94.6 Å². The van der Waals surface area contributed by atoms with Crippen LogP contribution in [0.3, 0.4) is 0 Å². The van der Waals surface area contributed by atoms with Gasteiger partial charge in [-0.15, -0.1) is 5.10 Å². The second kappa shape index (κ2) is 31.5. The molecule has 7 rings (SSSR count). The van der Waals surface area contributed by atoms with E-state index in [2.05, 4.69) is 35.0 Å². The molecular formula is C47H67ClF3N8O17PS. The molecule has 31 heteroatoms. The predicted molar refractivity (Wildman–Crippen MR) is 270 cm³/mol. The van der Waals surface area contributed by atoms with Crippen LogP contribution < -0.4 is 9.64 Å². The number of rotatable bonds is 37. The van der Waals surface area contributed by atoms with Crippen molar-refractivity contribution in [1.82, 2.24) is 34.7 Å². The van der Waals surface area contributed by atoms with Gasteiger partial charge >= 0.3 is 13.6 Å². The predicted octanol–water partition coefficient (Wildman–Crippen LogP) is 3.07. The van der Waals surface area contributed by atoms with Crippen LogP contribution in [0.2, 0.25) is 5.28 Å². The normalized spacial score (nSPS) is 19.6. The third-order valence-electron chi connectivity index (χ3n) is 12.6. The number of hydrogen-bond acceptors (Lipinski definition) is 22. The summed E-state index contributed by atoms with van der Waals surface area (Å²) in [6.07, 6.45) is 1.66. The number of ether oxygens (including phenoxy) is 11. The number of hydrogen-bond donors (Lipinski definition) is 4. The molecule has 0 amide bonds. The lowest BCUT2D eigenvalue weighted by Gasteiger charge is -2.54. The molecule has 4 atom stereocenters. The van der Waals surface area contributed by atoms with Crippen LogP contribution in [0.5, 0.6) is 5.75 Å². The molecule has 0 bridgehead atoms. The first-order valence-corrected chi connectivity index (χ1v) is 28.7. The van der Waals surface area contributed by atoms with E-state index in [9.17, 15) is 32.7 Å².